The van der Waals surface area contributed by atoms with E-state index >= 15 is 0 Å². The van der Waals surface area contributed by atoms with Crippen LogP contribution in [-0.2, 0) is 6.42 Å². The quantitative estimate of drug-likeness (QED) is 0.223. The molecule has 1 N–H and O–H groups in total. The molecule has 0 spiro atoms. The van der Waals surface area contributed by atoms with Gasteiger partial charge in [-0.15, -0.1) is 0 Å². The van der Waals surface area contributed by atoms with Crippen molar-refractivity contribution in [2.24, 2.45) is 0 Å². The normalized spacial score (nSPS) is 11.1. The number of carbonyl (C=O) groups is 1. The minimum Gasteiger partial charge on any atom is -0.490 e. The average molecular weight is 467 g/mol. The van der Waals surface area contributed by atoms with Crippen molar-refractivity contribution in [3.05, 3.63) is 53.9 Å². The second kappa shape index (κ2) is 17.1. The van der Waals surface area contributed by atoms with Crippen LogP contribution in [0.2, 0.25) is 0 Å². The Hall–Kier alpha value is -2.36. The Morgan fingerprint density at radius 1 is 0.824 bits per heavy atom. The van der Waals surface area contributed by atoms with Gasteiger partial charge in [0.1, 0.15) is 5.75 Å². The summed E-state index contributed by atoms with van der Waals surface area (Å²) in [6.45, 7) is 6.26. The molecule has 4 heteroatoms. The highest BCUT2D eigenvalue weighted by Crippen LogP contribution is 2.27. The van der Waals surface area contributed by atoms with Crippen LogP contribution in [0.15, 0.2) is 42.7 Å². The third-order valence-electron chi connectivity index (χ3n) is 6.19. The molecule has 0 saturated heterocycles. The lowest BCUT2D eigenvalue weighted by Gasteiger charge is -2.17. The van der Waals surface area contributed by atoms with E-state index in [-0.39, 0.29) is 12.0 Å². The number of unbranched alkanes of at least 4 members (excludes halogenated alkanes) is 12. The number of aromatic nitrogens is 1. The van der Waals surface area contributed by atoms with Crippen molar-refractivity contribution in [2.45, 2.75) is 117 Å². The van der Waals surface area contributed by atoms with E-state index < -0.39 is 0 Å². The number of hydrogen-bond donors (Lipinski definition) is 1. The topological polar surface area (TPSA) is 51.2 Å². The fraction of sp³-hybridized carbons (Fsp3) is 0.600. The zero-order chi connectivity index (χ0) is 24.4. The van der Waals surface area contributed by atoms with Gasteiger partial charge in [-0.25, -0.2) is 0 Å². The summed E-state index contributed by atoms with van der Waals surface area (Å²) in [4.78, 5) is 17.2. The van der Waals surface area contributed by atoms with Crippen LogP contribution in [0.4, 0.5) is 5.69 Å². The summed E-state index contributed by atoms with van der Waals surface area (Å²) in [5.74, 6) is 0.542. The number of nitrogens with one attached hydrogen (secondary N) is 1. The molecule has 1 heterocycles. The van der Waals surface area contributed by atoms with Crippen molar-refractivity contribution in [3.8, 4) is 5.75 Å². The monoisotopic (exact) mass is 466 g/mol. The first kappa shape index (κ1) is 27.9. The number of anilines is 1. The molecular formula is C30H46N2O2. The molecule has 1 aromatic carbocycles. The second-order valence-corrected chi connectivity index (χ2v) is 9.64. The maximum atomic E-state index is 13.2. The van der Waals surface area contributed by atoms with Gasteiger partial charge in [-0.2, -0.15) is 0 Å². The van der Waals surface area contributed by atoms with Crippen LogP contribution in [0.5, 0.6) is 5.75 Å². The molecule has 0 aliphatic heterocycles. The van der Waals surface area contributed by atoms with Crippen LogP contribution in [0, 0.1) is 0 Å². The lowest BCUT2D eigenvalue weighted by molar-refractivity contribution is 0.102. The molecule has 188 valence electrons. The standard InChI is InChI=1S/C30H46N2O2/c1-4-5-6-7-8-9-10-11-12-13-14-15-16-18-26-19-17-20-28(34-25(2)3)29(26)30(33)32-27-21-23-31-24-22-27/h17,19-25H,4-16,18H2,1-3H3,(H,31,32,33). The summed E-state index contributed by atoms with van der Waals surface area (Å²) < 4.78 is 5.99. The van der Waals surface area contributed by atoms with Crippen LogP contribution in [-0.4, -0.2) is 17.0 Å². The summed E-state index contributed by atoms with van der Waals surface area (Å²) in [5.41, 5.74) is 2.46. The third-order valence-corrected chi connectivity index (χ3v) is 6.19. The van der Waals surface area contributed by atoms with Crippen molar-refractivity contribution in [1.29, 1.82) is 0 Å². The van der Waals surface area contributed by atoms with Crippen molar-refractivity contribution < 1.29 is 9.53 Å². The number of hydrogen-bond acceptors (Lipinski definition) is 3. The molecule has 1 aromatic heterocycles. The zero-order valence-electron chi connectivity index (χ0n) is 21.8. The van der Waals surface area contributed by atoms with E-state index in [9.17, 15) is 4.79 Å². The Bertz CT molecular complexity index is 805. The number of pyridine rings is 1. The van der Waals surface area contributed by atoms with Crippen LogP contribution >= 0.6 is 0 Å². The van der Waals surface area contributed by atoms with Crippen LogP contribution in [0.1, 0.15) is 120 Å². The lowest BCUT2D eigenvalue weighted by atomic mass is 9.98. The predicted molar refractivity (Wildman–Crippen MR) is 144 cm³/mol. The van der Waals surface area contributed by atoms with Gasteiger partial charge in [-0.05, 0) is 50.5 Å². The molecule has 2 aromatic rings. The van der Waals surface area contributed by atoms with Gasteiger partial charge >= 0.3 is 0 Å². The summed E-state index contributed by atoms with van der Waals surface area (Å²) in [7, 11) is 0. The maximum Gasteiger partial charge on any atom is 0.259 e. The molecule has 0 fully saturated rings. The number of amides is 1. The fourth-order valence-corrected chi connectivity index (χ4v) is 4.36. The molecule has 34 heavy (non-hydrogen) atoms. The second-order valence-electron chi connectivity index (χ2n) is 9.64. The van der Waals surface area contributed by atoms with Gasteiger partial charge in [-0.3, -0.25) is 9.78 Å². The van der Waals surface area contributed by atoms with Gasteiger partial charge in [0.2, 0.25) is 0 Å². The number of carbonyl (C=O) groups excluding carboxylic acids is 1. The Morgan fingerprint density at radius 2 is 1.38 bits per heavy atom. The first-order valence-electron chi connectivity index (χ1n) is 13.6. The fourth-order valence-electron chi connectivity index (χ4n) is 4.36. The van der Waals surface area contributed by atoms with E-state index in [1.54, 1.807) is 24.5 Å². The number of ether oxygens (including phenoxy) is 1. The molecule has 4 nitrogen and oxygen atoms in total. The Balaban J connectivity index is 1.76. The number of nitrogens with zero attached hydrogens (tertiary/aromatic N) is 1. The number of rotatable bonds is 18. The van der Waals surface area contributed by atoms with Crippen molar-refractivity contribution in [1.82, 2.24) is 4.98 Å². The molecule has 0 atom stereocenters. The summed E-state index contributed by atoms with van der Waals surface area (Å²) in [6.07, 6.45) is 21.7. The van der Waals surface area contributed by atoms with Crippen molar-refractivity contribution in [2.75, 3.05) is 5.32 Å². The molecule has 1 amide bonds. The van der Waals surface area contributed by atoms with Crippen molar-refractivity contribution in [3.63, 3.8) is 0 Å². The Labute approximate surface area is 207 Å². The van der Waals surface area contributed by atoms with E-state index in [4.69, 9.17) is 4.74 Å². The van der Waals surface area contributed by atoms with Crippen LogP contribution in [0.25, 0.3) is 0 Å². The Kier molecular flexibility index (Phi) is 14.0. The van der Waals surface area contributed by atoms with E-state index in [0.29, 0.717) is 11.3 Å². The van der Waals surface area contributed by atoms with Gasteiger partial charge in [0.25, 0.3) is 5.91 Å². The third kappa shape index (κ3) is 11.2. The van der Waals surface area contributed by atoms with Gasteiger partial charge in [0.15, 0.2) is 0 Å². The zero-order valence-corrected chi connectivity index (χ0v) is 21.8. The Morgan fingerprint density at radius 3 is 1.94 bits per heavy atom. The predicted octanol–water partition coefficient (Wildman–Crippen LogP) is 8.75. The highest BCUT2D eigenvalue weighted by Gasteiger charge is 2.18. The van der Waals surface area contributed by atoms with Gasteiger partial charge in [0, 0.05) is 18.1 Å². The smallest absolute Gasteiger partial charge is 0.259 e. The van der Waals surface area contributed by atoms with E-state index in [0.717, 1.165) is 24.1 Å². The number of aryl methyl sites for hydroxylation is 1. The van der Waals surface area contributed by atoms with E-state index in [1.807, 2.05) is 26.0 Å². The van der Waals surface area contributed by atoms with E-state index in [2.05, 4.69) is 23.3 Å². The first-order chi connectivity index (χ1) is 16.6. The first-order valence-corrected chi connectivity index (χ1v) is 13.6. The molecule has 0 unspecified atom stereocenters. The largest absolute Gasteiger partial charge is 0.490 e. The highest BCUT2D eigenvalue weighted by molar-refractivity contribution is 6.07. The molecular weight excluding hydrogens is 420 g/mol. The molecule has 0 radical (unpaired) electrons. The van der Waals surface area contributed by atoms with Gasteiger partial charge < -0.3 is 10.1 Å². The minimum absolute atomic E-state index is 0.0130. The van der Waals surface area contributed by atoms with Crippen molar-refractivity contribution >= 4 is 11.6 Å². The maximum absolute atomic E-state index is 13.2. The van der Waals surface area contributed by atoms with Crippen LogP contribution in [0.3, 0.4) is 0 Å². The molecule has 0 aliphatic carbocycles. The molecule has 2 rings (SSSR count). The molecule has 0 saturated carbocycles. The van der Waals surface area contributed by atoms with Crippen LogP contribution < -0.4 is 10.1 Å². The average Bonchev–Trinajstić information content (AvgIpc) is 2.82. The molecule has 0 bridgehead atoms. The highest BCUT2D eigenvalue weighted by atomic mass is 16.5. The summed E-state index contributed by atoms with van der Waals surface area (Å²) in [5, 5.41) is 3.00. The van der Waals surface area contributed by atoms with Gasteiger partial charge in [-0.1, -0.05) is 96.1 Å². The lowest BCUT2D eigenvalue weighted by Crippen LogP contribution is -2.18. The molecule has 0 aliphatic rings. The summed E-state index contributed by atoms with van der Waals surface area (Å²) >= 11 is 0. The number of benzene rings is 1. The minimum atomic E-state index is -0.118. The van der Waals surface area contributed by atoms with E-state index in [1.165, 1.54) is 77.0 Å². The SMILES string of the molecule is CCCCCCCCCCCCCCCc1cccc(OC(C)C)c1C(=O)Nc1ccncc1. The van der Waals surface area contributed by atoms with Gasteiger partial charge in [0.05, 0.1) is 11.7 Å². The summed E-state index contributed by atoms with van der Waals surface area (Å²) in [6, 6.07) is 9.56.